The Hall–Kier alpha value is -3.43. The Labute approximate surface area is 155 Å². The van der Waals surface area contributed by atoms with Gasteiger partial charge >= 0.3 is 11.8 Å². The molecule has 27 heavy (non-hydrogen) atoms. The van der Waals surface area contributed by atoms with E-state index in [2.05, 4.69) is 15.3 Å². The molecule has 2 aromatic rings. The van der Waals surface area contributed by atoms with E-state index in [0.29, 0.717) is 31.1 Å². The molecule has 2 aromatic heterocycles. The molecule has 1 aliphatic rings. The van der Waals surface area contributed by atoms with Gasteiger partial charge in [-0.25, -0.2) is 9.78 Å². The number of nitrogens with one attached hydrogen (secondary N) is 1. The molecule has 0 saturated carbocycles. The number of nitro groups is 1. The summed E-state index contributed by atoms with van der Waals surface area (Å²) in [5, 5.41) is 23.5. The monoisotopic (exact) mass is 372 g/mol. The molecule has 1 fully saturated rings. The molecule has 0 bridgehead atoms. The third kappa shape index (κ3) is 4.05. The van der Waals surface area contributed by atoms with Gasteiger partial charge in [0.25, 0.3) is 0 Å². The van der Waals surface area contributed by atoms with Gasteiger partial charge in [0.1, 0.15) is 5.82 Å². The van der Waals surface area contributed by atoms with Crippen molar-refractivity contribution in [3.05, 3.63) is 46.3 Å². The van der Waals surface area contributed by atoms with Gasteiger partial charge in [-0.3, -0.25) is 15.1 Å². The molecule has 0 aromatic carbocycles. The fourth-order valence-corrected chi connectivity index (χ4v) is 3.07. The van der Waals surface area contributed by atoms with Gasteiger partial charge in [0.15, 0.2) is 0 Å². The highest BCUT2D eigenvalue weighted by Gasteiger charge is 2.28. The molecule has 0 unspecified atom stereocenters. The summed E-state index contributed by atoms with van der Waals surface area (Å²) >= 11 is 0. The van der Waals surface area contributed by atoms with Crippen LogP contribution in [0.1, 0.15) is 12.6 Å². The van der Waals surface area contributed by atoms with Crippen molar-refractivity contribution >= 4 is 29.1 Å². The van der Waals surface area contributed by atoms with E-state index in [-0.39, 0.29) is 17.5 Å². The maximum Gasteiger partial charge on any atom is 0.407 e. The number of anilines is 3. The number of aromatic nitrogens is 2. The van der Waals surface area contributed by atoms with E-state index in [9.17, 15) is 20.0 Å². The fraction of sp³-hybridized carbons (Fsp3) is 0.353. The zero-order valence-corrected chi connectivity index (χ0v) is 15.0. The molecular weight excluding hydrogens is 352 g/mol. The van der Waals surface area contributed by atoms with Crippen LogP contribution in [0.15, 0.2) is 30.5 Å². The molecular formula is C17H20N6O4. The van der Waals surface area contributed by atoms with Crippen molar-refractivity contribution in [1.29, 1.82) is 0 Å². The summed E-state index contributed by atoms with van der Waals surface area (Å²) in [4.78, 5) is 33.9. The van der Waals surface area contributed by atoms with Gasteiger partial charge < -0.3 is 20.2 Å². The van der Waals surface area contributed by atoms with Crippen LogP contribution in [0.2, 0.25) is 0 Å². The van der Waals surface area contributed by atoms with Gasteiger partial charge in [0.2, 0.25) is 5.82 Å². The Balaban J connectivity index is 1.87. The molecule has 1 saturated heterocycles. The van der Waals surface area contributed by atoms with Crippen LogP contribution >= 0.6 is 0 Å². The van der Waals surface area contributed by atoms with Gasteiger partial charge in [0.05, 0.1) is 4.92 Å². The predicted octanol–water partition coefficient (Wildman–Crippen LogP) is 2.63. The summed E-state index contributed by atoms with van der Waals surface area (Å²) in [5.74, 6) is 0.696. The van der Waals surface area contributed by atoms with E-state index in [1.54, 1.807) is 24.4 Å². The van der Waals surface area contributed by atoms with Gasteiger partial charge in [-0.2, -0.15) is 0 Å². The second-order valence-electron chi connectivity index (χ2n) is 6.38. The lowest BCUT2D eigenvalue weighted by atomic mass is 10.2. The molecule has 3 heterocycles. The molecule has 3 rings (SSSR count). The minimum atomic E-state index is -0.950. The maximum absolute atomic E-state index is 11.4. The largest absolute Gasteiger partial charge is 0.465 e. The van der Waals surface area contributed by atoms with Crippen molar-refractivity contribution in [1.82, 2.24) is 14.9 Å². The number of amides is 1. The first-order valence-corrected chi connectivity index (χ1v) is 8.45. The summed E-state index contributed by atoms with van der Waals surface area (Å²) in [6.07, 6.45) is 0.661. The second-order valence-corrected chi connectivity index (χ2v) is 6.38. The molecule has 1 aliphatic heterocycles. The van der Waals surface area contributed by atoms with Crippen molar-refractivity contribution in [2.24, 2.45) is 0 Å². The first kappa shape index (κ1) is 18.4. The second kappa shape index (κ2) is 7.44. The highest BCUT2D eigenvalue weighted by atomic mass is 16.6. The molecule has 142 valence electrons. The van der Waals surface area contributed by atoms with Crippen LogP contribution in [0, 0.1) is 17.0 Å². The molecule has 0 radical (unpaired) electrons. The average Bonchev–Trinajstić information content (AvgIpc) is 2.61. The minimum absolute atomic E-state index is 0.134. The van der Waals surface area contributed by atoms with E-state index < -0.39 is 11.0 Å². The zero-order valence-electron chi connectivity index (χ0n) is 15.0. The van der Waals surface area contributed by atoms with E-state index in [1.807, 2.05) is 18.7 Å². The number of aryl methyl sites for hydroxylation is 1. The van der Waals surface area contributed by atoms with Crippen LogP contribution in [0.5, 0.6) is 0 Å². The summed E-state index contributed by atoms with van der Waals surface area (Å²) < 4.78 is 0. The van der Waals surface area contributed by atoms with E-state index in [4.69, 9.17) is 0 Å². The van der Waals surface area contributed by atoms with E-state index >= 15 is 0 Å². The first-order chi connectivity index (χ1) is 12.8. The van der Waals surface area contributed by atoms with Crippen molar-refractivity contribution in [3.63, 3.8) is 0 Å². The van der Waals surface area contributed by atoms with Crippen molar-refractivity contribution in [2.45, 2.75) is 19.9 Å². The average molecular weight is 372 g/mol. The highest BCUT2D eigenvalue weighted by Crippen LogP contribution is 2.29. The topological polar surface area (TPSA) is 125 Å². The molecule has 2 N–H and O–H groups in total. The summed E-state index contributed by atoms with van der Waals surface area (Å²) in [7, 11) is 0. The van der Waals surface area contributed by atoms with Crippen LogP contribution < -0.4 is 10.2 Å². The maximum atomic E-state index is 11.4. The highest BCUT2D eigenvalue weighted by molar-refractivity contribution is 5.69. The zero-order chi connectivity index (χ0) is 19.6. The van der Waals surface area contributed by atoms with Gasteiger partial charge in [-0.05, 0) is 32.0 Å². The number of piperazine rings is 1. The number of carboxylic acid groups (broad SMARTS) is 1. The number of pyridine rings is 2. The standard InChI is InChI=1S/C17H20N6O4/c1-11-9-13(5-6-18-11)19-16-14(23(26)27)3-4-15(20-16)21-7-8-22(17(24)25)12(2)10-21/h3-6,9,12H,7-8,10H2,1-2H3,(H,24,25)(H,18,19,20)/t12-/m1/s1. The third-order valence-corrected chi connectivity index (χ3v) is 4.41. The normalized spacial score (nSPS) is 16.9. The fourth-order valence-electron chi connectivity index (χ4n) is 3.07. The van der Waals surface area contributed by atoms with Gasteiger partial charge in [-0.1, -0.05) is 0 Å². The Morgan fingerprint density at radius 3 is 2.78 bits per heavy atom. The summed E-state index contributed by atoms with van der Waals surface area (Å²) in [6.45, 7) is 4.93. The summed E-state index contributed by atoms with van der Waals surface area (Å²) in [5.41, 5.74) is 1.29. The van der Waals surface area contributed by atoms with Crippen molar-refractivity contribution in [2.75, 3.05) is 29.9 Å². The lowest BCUT2D eigenvalue weighted by Gasteiger charge is -2.38. The van der Waals surface area contributed by atoms with E-state index in [1.165, 1.54) is 11.0 Å². The van der Waals surface area contributed by atoms with Crippen molar-refractivity contribution < 1.29 is 14.8 Å². The lowest BCUT2D eigenvalue weighted by molar-refractivity contribution is -0.384. The number of nitrogens with zero attached hydrogens (tertiary/aromatic N) is 5. The Bertz CT molecular complexity index is 874. The molecule has 1 atom stereocenters. The minimum Gasteiger partial charge on any atom is -0.465 e. The Morgan fingerprint density at radius 1 is 1.37 bits per heavy atom. The van der Waals surface area contributed by atoms with Crippen LogP contribution in [0.25, 0.3) is 0 Å². The smallest absolute Gasteiger partial charge is 0.407 e. The Kier molecular flexibility index (Phi) is 5.06. The Morgan fingerprint density at radius 2 is 2.15 bits per heavy atom. The van der Waals surface area contributed by atoms with Crippen LogP contribution in [-0.2, 0) is 0 Å². The molecule has 1 amide bonds. The lowest BCUT2D eigenvalue weighted by Crippen LogP contribution is -2.53. The SMILES string of the molecule is Cc1cc(Nc2nc(N3CCN(C(=O)O)[C@H](C)C3)ccc2[N+](=O)[O-])ccn1. The van der Waals surface area contributed by atoms with Crippen molar-refractivity contribution in [3.8, 4) is 0 Å². The number of hydrogen-bond donors (Lipinski definition) is 2. The first-order valence-electron chi connectivity index (χ1n) is 8.45. The van der Waals surface area contributed by atoms with Gasteiger partial charge in [-0.15, -0.1) is 0 Å². The molecule has 10 heteroatoms. The van der Waals surface area contributed by atoms with Gasteiger partial charge in [0, 0.05) is 49.3 Å². The molecule has 10 nitrogen and oxygen atoms in total. The summed E-state index contributed by atoms with van der Waals surface area (Å²) in [6, 6.07) is 6.27. The number of carbonyl (C=O) groups is 1. The van der Waals surface area contributed by atoms with E-state index in [0.717, 1.165) is 5.69 Å². The third-order valence-electron chi connectivity index (χ3n) is 4.41. The van der Waals surface area contributed by atoms with Crippen LogP contribution in [-0.4, -0.2) is 56.7 Å². The molecule has 0 aliphatic carbocycles. The number of hydrogen-bond acceptors (Lipinski definition) is 7. The predicted molar refractivity (Wildman–Crippen MR) is 99.6 cm³/mol. The number of rotatable bonds is 4. The molecule has 0 spiro atoms. The van der Waals surface area contributed by atoms with Crippen LogP contribution in [0.3, 0.4) is 0 Å². The van der Waals surface area contributed by atoms with Crippen LogP contribution in [0.4, 0.5) is 27.8 Å². The quantitative estimate of drug-likeness (QED) is 0.620.